The van der Waals surface area contributed by atoms with Crippen LogP contribution in [0.3, 0.4) is 0 Å². The van der Waals surface area contributed by atoms with Crippen LogP contribution in [0, 0.1) is 5.82 Å². The Labute approximate surface area is 186 Å². The van der Waals surface area contributed by atoms with Gasteiger partial charge in [0.05, 0.1) is 22.9 Å². The number of aliphatic hydroxyl groups excluding tert-OH is 1. The lowest BCUT2D eigenvalue weighted by Gasteiger charge is -2.42. The van der Waals surface area contributed by atoms with E-state index in [1.165, 1.54) is 18.5 Å². The molecule has 1 aliphatic carbocycles. The summed E-state index contributed by atoms with van der Waals surface area (Å²) in [5.41, 5.74) is 8.51. The fraction of sp³-hybridized carbons (Fsp3) is 0.500. The Morgan fingerprint density at radius 2 is 2.13 bits per heavy atom. The Balaban J connectivity index is 1.44. The zero-order chi connectivity index (χ0) is 22.3. The van der Waals surface area contributed by atoms with E-state index < -0.39 is 18.0 Å². The van der Waals surface area contributed by atoms with Crippen LogP contribution in [-0.2, 0) is 11.2 Å². The molecule has 2 aliphatic rings. The normalized spacial score (nSPS) is 24.3. The highest BCUT2D eigenvalue weighted by atomic mass is 35.5. The van der Waals surface area contributed by atoms with Crippen LogP contribution in [0.1, 0.15) is 49.1 Å². The number of aromatic nitrogens is 2. The smallest absolute Gasteiger partial charge is 0.239 e. The van der Waals surface area contributed by atoms with E-state index in [1.54, 1.807) is 11.0 Å². The van der Waals surface area contributed by atoms with Gasteiger partial charge in [0.1, 0.15) is 18.0 Å². The molecule has 166 valence electrons. The number of hydrogen-bond acceptors (Lipinski definition) is 6. The second-order valence-electron chi connectivity index (χ2n) is 8.53. The standard InChI is InChI=1S/C22H27ClFN5O2/c1-12-7-18(30)20-19(12)21(27-11-26-20)29-6-5-28(10-13(29)2)22(31)17(25)9-14-3-4-15(23)16(24)8-14/h3-4,8,11-13,17-18,30H,5-7,9-10,25H2,1-2H3/t12-,13+,17-,18?/m1/s1. The highest BCUT2D eigenvalue weighted by molar-refractivity contribution is 6.30. The predicted octanol–water partition coefficient (Wildman–Crippen LogP) is 2.42. The fourth-order valence-corrected chi connectivity index (χ4v) is 4.76. The number of carbonyl (C=O) groups is 1. The van der Waals surface area contributed by atoms with Gasteiger partial charge >= 0.3 is 0 Å². The molecule has 0 radical (unpaired) electrons. The van der Waals surface area contributed by atoms with Crippen molar-refractivity contribution < 1.29 is 14.3 Å². The quantitative estimate of drug-likeness (QED) is 0.747. The fourth-order valence-electron chi connectivity index (χ4n) is 4.65. The average molecular weight is 448 g/mol. The van der Waals surface area contributed by atoms with Crippen LogP contribution in [0.2, 0.25) is 5.02 Å². The molecule has 1 aliphatic heterocycles. The highest BCUT2D eigenvalue weighted by Crippen LogP contribution is 2.43. The van der Waals surface area contributed by atoms with Gasteiger partial charge in [-0.25, -0.2) is 14.4 Å². The summed E-state index contributed by atoms with van der Waals surface area (Å²) in [6.07, 6.45) is 1.84. The minimum Gasteiger partial charge on any atom is -0.387 e. The van der Waals surface area contributed by atoms with Gasteiger partial charge in [-0.05, 0) is 43.4 Å². The van der Waals surface area contributed by atoms with Crippen molar-refractivity contribution in [2.45, 2.75) is 50.8 Å². The monoisotopic (exact) mass is 447 g/mol. The van der Waals surface area contributed by atoms with Crippen molar-refractivity contribution in [1.29, 1.82) is 0 Å². The SMILES string of the molecule is C[C@@H]1CC(O)c2ncnc(N3CCN(C(=O)[C@H](N)Cc4ccc(Cl)c(F)c4)C[C@@H]3C)c21. The molecular formula is C22H27ClFN5O2. The van der Waals surface area contributed by atoms with Crippen LogP contribution in [0.15, 0.2) is 24.5 Å². The van der Waals surface area contributed by atoms with Crippen LogP contribution in [0.25, 0.3) is 0 Å². The lowest BCUT2D eigenvalue weighted by molar-refractivity contribution is -0.133. The van der Waals surface area contributed by atoms with Gasteiger partial charge in [-0.3, -0.25) is 4.79 Å². The molecule has 1 saturated heterocycles. The molecule has 0 saturated carbocycles. The summed E-state index contributed by atoms with van der Waals surface area (Å²) in [6, 6.07) is 3.76. The molecule has 9 heteroatoms. The number of anilines is 1. The maximum Gasteiger partial charge on any atom is 0.239 e. The first-order chi connectivity index (χ1) is 14.8. The van der Waals surface area contributed by atoms with Crippen molar-refractivity contribution in [3.63, 3.8) is 0 Å². The average Bonchev–Trinajstić information content (AvgIpc) is 3.04. The molecule has 1 aromatic carbocycles. The first-order valence-electron chi connectivity index (χ1n) is 10.5. The second kappa shape index (κ2) is 8.68. The third kappa shape index (κ3) is 4.24. The number of benzene rings is 1. The second-order valence-corrected chi connectivity index (χ2v) is 8.94. The molecule has 1 unspecified atom stereocenters. The first kappa shape index (κ1) is 21.9. The number of nitrogens with zero attached hydrogens (tertiary/aromatic N) is 4. The maximum absolute atomic E-state index is 13.7. The lowest BCUT2D eigenvalue weighted by atomic mass is 10.0. The van der Waals surface area contributed by atoms with Crippen molar-refractivity contribution in [2.75, 3.05) is 24.5 Å². The van der Waals surface area contributed by atoms with Crippen LogP contribution < -0.4 is 10.6 Å². The van der Waals surface area contributed by atoms with Gasteiger partial charge < -0.3 is 20.6 Å². The van der Waals surface area contributed by atoms with Crippen molar-refractivity contribution in [2.24, 2.45) is 5.73 Å². The molecule has 3 N–H and O–H groups in total. The number of nitrogens with two attached hydrogens (primary N) is 1. The van der Waals surface area contributed by atoms with E-state index in [-0.39, 0.29) is 29.3 Å². The summed E-state index contributed by atoms with van der Waals surface area (Å²) in [4.78, 5) is 25.7. The third-order valence-electron chi connectivity index (χ3n) is 6.25. The Hall–Kier alpha value is -2.29. The molecule has 2 heterocycles. The number of amides is 1. The minimum absolute atomic E-state index is 0.0295. The summed E-state index contributed by atoms with van der Waals surface area (Å²) in [6.45, 7) is 5.76. The molecule has 0 bridgehead atoms. The molecule has 1 fully saturated rings. The van der Waals surface area contributed by atoms with Crippen LogP contribution in [0.4, 0.5) is 10.2 Å². The van der Waals surface area contributed by atoms with Gasteiger partial charge in [0, 0.05) is 31.2 Å². The third-order valence-corrected chi connectivity index (χ3v) is 6.55. The van der Waals surface area contributed by atoms with Gasteiger partial charge in [-0.2, -0.15) is 0 Å². The first-order valence-corrected chi connectivity index (χ1v) is 10.9. The summed E-state index contributed by atoms with van der Waals surface area (Å²) in [7, 11) is 0. The summed E-state index contributed by atoms with van der Waals surface area (Å²) < 4.78 is 13.7. The summed E-state index contributed by atoms with van der Waals surface area (Å²) in [5.74, 6) is 0.354. The number of aliphatic hydroxyl groups is 1. The van der Waals surface area contributed by atoms with Gasteiger partial charge in [-0.15, -0.1) is 0 Å². The minimum atomic E-state index is -0.752. The topological polar surface area (TPSA) is 95.6 Å². The van der Waals surface area contributed by atoms with Crippen LogP contribution >= 0.6 is 11.6 Å². The number of halogens is 2. The Bertz CT molecular complexity index is 990. The molecule has 4 rings (SSSR count). The van der Waals surface area contributed by atoms with Crippen LogP contribution in [-0.4, -0.2) is 57.6 Å². The van der Waals surface area contributed by atoms with E-state index in [0.29, 0.717) is 37.3 Å². The van der Waals surface area contributed by atoms with E-state index in [0.717, 1.165) is 11.4 Å². The Kier molecular flexibility index (Phi) is 6.14. The number of piperazine rings is 1. The molecule has 31 heavy (non-hydrogen) atoms. The highest BCUT2D eigenvalue weighted by Gasteiger charge is 2.36. The van der Waals surface area contributed by atoms with Gasteiger partial charge in [0.2, 0.25) is 5.91 Å². The van der Waals surface area contributed by atoms with Crippen molar-refractivity contribution in [3.05, 3.63) is 52.2 Å². The van der Waals surface area contributed by atoms with Crippen molar-refractivity contribution >= 4 is 23.3 Å². The largest absolute Gasteiger partial charge is 0.387 e. The lowest BCUT2D eigenvalue weighted by Crippen LogP contribution is -2.57. The van der Waals surface area contributed by atoms with E-state index >= 15 is 0 Å². The zero-order valence-electron chi connectivity index (χ0n) is 17.6. The summed E-state index contributed by atoms with van der Waals surface area (Å²) >= 11 is 5.72. The van der Waals surface area contributed by atoms with Gasteiger partial charge in [-0.1, -0.05) is 24.6 Å². The van der Waals surface area contributed by atoms with Gasteiger partial charge in [0.15, 0.2) is 0 Å². The Morgan fingerprint density at radius 1 is 1.35 bits per heavy atom. The molecule has 0 spiro atoms. The summed E-state index contributed by atoms with van der Waals surface area (Å²) in [5, 5.41) is 10.3. The molecule has 1 aromatic heterocycles. The molecule has 1 amide bonds. The molecule has 4 atom stereocenters. The molecule has 2 aromatic rings. The Morgan fingerprint density at radius 3 is 2.84 bits per heavy atom. The number of carbonyl (C=O) groups excluding carboxylic acids is 1. The van der Waals surface area contributed by atoms with E-state index in [4.69, 9.17) is 17.3 Å². The molecule has 7 nitrogen and oxygen atoms in total. The number of fused-ring (bicyclic) bond motifs is 1. The van der Waals surface area contributed by atoms with E-state index in [2.05, 4.69) is 21.8 Å². The van der Waals surface area contributed by atoms with Crippen LogP contribution in [0.5, 0.6) is 0 Å². The number of hydrogen-bond donors (Lipinski definition) is 2. The van der Waals surface area contributed by atoms with Crippen molar-refractivity contribution in [1.82, 2.24) is 14.9 Å². The van der Waals surface area contributed by atoms with Gasteiger partial charge in [0.25, 0.3) is 0 Å². The van der Waals surface area contributed by atoms with Crippen molar-refractivity contribution in [3.8, 4) is 0 Å². The predicted molar refractivity (Wildman–Crippen MR) is 117 cm³/mol. The van der Waals surface area contributed by atoms with E-state index in [9.17, 15) is 14.3 Å². The zero-order valence-corrected chi connectivity index (χ0v) is 18.4. The van der Waals surface area contributed by atoms with E-state index in [1.807, 2.05) is 6.92 Å². The maximum atomic E-state index is 13.7. The number of rotatable bonds is 4. The molecular weight excluding hydrogens is 421 g/mol.